The summed E-state index contributed by atoms with van der Waals surface area (Å²) in [6.07, 6.45) is 4.12. The molecule has 0 aliphatic heterocycles. The number of aliphatic hydroxyl groups excluding tert-OH is 1. The van der Waals surface area contributed by atoms with Crippen LogP contribution in [-0.2, 0) is 11.3 Å². The van der Waals surface area contributed by atoms with Gasteiger partial charge in [0.2, 0.25) is 5.88 Å². The molecule has 0 radical (unpaired) electrons. The van der Waals surface area contributed by atoms with Crippen LogP contribution in [0.5, 0.6) is 11.6 Å². The highest BCUT2D eigenvalue weighted by molar-refractivity contribution is 5.43. The van der Waals surface area contributed by atoms with Crippen LogP contribution in [0, 0.1) is 19.8 Å². The first-order valence-corrected chi connectivity index (χ1v) is 12.9. The maximum atomic E-state index is 10.7. The van der Waals surface area contributed by atoms with Crippen LogP contribution in [0.4, 0.5) is 0 Å². The molecule has 6 heteroatoms. The Kier molecular flexibility index (Phi) is 8.96. The summed E-state index contributed by atoms with van der Waals surface area (Å²) in [6.45, 7) is 9.53. The Morgan fingerprint density at radius 1 is 1.11 bits per heavy atom. The Bertz CT molecular complexity index is 1060. The second-order valence-electron chi connectivity index (χ2n) is 9.75. The van der Waals surface area contributed by atoms with Crippen LogP contribution in [0.2, 0.25) is 0 Å². The molecule has 0 amide bonds. The summed E-state index contributed by atoms with van der Waals surface area (Å²) in [5.41, 5.74) is 4.09. The number of hydrogen-bond acceptors (Lipinski definition) is 5. The molecule has 3 aromatic rings. The predicted molar refractivity (Wildman–Crippen MR) is 139 cm³/mol. The van der Waals surface area contributed by atoms with Crippen molar-refractivity contribution in [3.05, 3.63) is 71.4 Å². The van der Waals surface area contributed by atoms with Gasteiger partial charge in [-0.1, -0.05) is 43.7 Å². The van der Waals surface area contributed by atoms with Crippen molar-refractivity contribution in [3.63, 3.8) is 0 Å². The minimum absolute atomic E-state index is 0.371. The molecule has 0 spiro atoms. The van der Waals surface area contributed by atoms with Gasteiger partial charge in [0.05, 0.1) is 29.7 Å². The Labute approximate surface area is 209 Å². The normalized spacial score (nSPS) is 14.4. The molecule has 1 heterocycles. The molecule has 1 aliphatic rings. The third-order valence-electron chi connectivity index (χ3n) is 6.36. The van der Waals surface area contributed by atoms with Crippen LogP contribution >= 0.6 is 0 Å². The quantitative estimate of drug-likeness (QED) is 0.303. The molecule has 6 nitrogen and oxygen atoms in total. The van der Waals surface area contributed by atoms with Crippen molar-refractivity contribution < 1.29 is 14.6 Å². The molecule has 1 aliphatic carbocycles. The highest BCUT2D eigenvalue weighted by Gasteiger charge is 2.28. The lowest BCUT2D eigenvalue weighted by Crippen LogP contribution is -2.36. The van der Waals surface area contributed by atoms with Crippen LogP contribution in [-0.4, -0.2) is 52.2 Å². The summed E-state index contributed by atoms with van der Waals surface area (Å²) < 4.78 is 14.1. The molecule has 0 bridgehead atoms. The van der Waals surface area contributed by atoms with E-state index in [1.54, 1.807) is 0 Å². The average Bonchev–Trinajstić information content (AvgIpc) is 3.61. The number of nitrogens with zero attached hydrogens (tertiary/aromatic N) is 3. The molecule has 1 aromatic heterocycles. The lowest BCUT2D eigenvalue weighted by atomic mass is 10.2. The molecule has 188 valence electrons. The third kappa shape index (κ3) is 7.40. The number of benzene rings is 2. The maximum absolute atomic E-state index is 10.7. The van der Waals surface area contributed by atoms with Gasteiger partial charge in [0.25, 0.3) is 0 Å². The fourth-order valence-electron chi connectivity index (χ4n) is 4.27. The van der Waals surface area contributed by atoms with E-state index in [1.807, 2.05) is 60.1 Å². The zero-order valence-corrected chi connectivity index (χ0v) is 21.3. The van der Waals surface area contributed by atoms with Crippen LogP contribution in [0.1, 0.15) is 49.4 Å². The van der Waals surface area contributed by atoms with E-state index in [2.05, 4.69) is 24.8 Å². The van der Waals surface area contributed by atoms with Crippen LogP contribution in [0.25, 0.3) is 5.69 Å². The lowest BCUT2D eigenvalue weighted by Gasteiger charge is -2.25. The molecule has 2 aromatic carbocycles. The van der Waals surface area contributed by atoms with Gasteiger partial charge < -0.3 is 14.6 Å². The number of aliphatic hydroxyl groups is 1. The molecular weight excluding hydrogens is 438 g/mol. The van der Waals surface area contributed by atoms with Crippen molar-refractivity contribution in [2.24, 2.45) is 5.92 Å². The molecule has 0 unspecified atom stereocenters. The van der Waals surface area contributed by atoms with Gasteiger partial charge in [0.1, 0.15) is 5.75 Å². The minimum Gasteiger partial charge on any atom is -0.439 e. The first-order chi connectivity index (χ1) is 17.0. The highest BCUT2D eigenvalue weighted by Crippen LogP contribution is 2.34. The van der Waals surface area contributed by atoms with Gasteiger partial charge >= 0.3 is 0 Å². The number of ether oxygens (including phenoxy) is 2. The number of para-hydroxylation sites is 1. The molecule has 35 heavy (non-hydrogen) atoms. The summed E-state index contributed by atoms with van der Waals surface area (Å²) in [7, 11) is 0. The number of unbranched alkanes of at least 4 members (excludes halogenated alkanes) is 1. The topological polar surface area (TPSA) is 59.8 Å². The summed E-state index contributed by atoms with van der Waals surface area (Å²) in [4.78, 5) is 2.34. The molecule has 1 saturated carbocycles. The Morgan fingerprint density at radius 3 is 2.63 bits per heavy atom. The van der Waals surface area contributed by atoms with Crippen molar-refractivity contribution in [3.8, 4) is 17.3 Å². The first-order valence-electron chi connectivity index (χ1n) is 12.9. The predicted octanol–water partition coefficient (Wildman–Crippen LogP) is 5.67. The van der Waals surface area contributed by atoms with Crippen LogP contribution < -0.4 is 4.74 Å². The summed E-state index contributed by atoms with van der Waals surface area (Å²) >= 11 is 0. The Hall–Kier alpha value is -2.67. The monoisotopic (exact) mass is 477 g/mol. The van der Waals surface area contributed by atoms with E-state index < -0.39 is 6.10 Å². The van der Waals surface area contributed by atoms with Gasteiger partial charge in [0, 0.05) is 26.2 Å². The van der Waals surface area contributed by atoms with E-state index in [-0.39, 0.29) is 0 Å². The summed E-state index contributed by atoms with van der Waals surface area (Å²) in [5, 5.41) is 15.6. The molecular formula is C29H39N3O3. The van der Waals surface area contributed by atoms with Crippen molar-refractivity contribution in [2.45, 2.75) is 59.1 Å². The van der Waals surface area contributed by atoms with E-state index in [9.17, 15) is 5.11 Å². The van der Waals surface area contributed by atoms with Gasteiger partial charge in [-0.2, -0.15) is 5.10 Å². The molecule has 1 atom stereocenters. The first kappa shape index (κ1) is 25.4. The fourth-order valence-corrected chi connectivity index (χ4v) is 4.27. The van der Waals surface area contributed by atoms with Gasteiger partial charge in [-0.05, 0) is 68.9 Å². The lowest BCUT2D eigenvalue weighted by molar-refractivity contribution is 0.0134. The molecule has 4 rings (SSSR count). The van der Waals surface area contributed by atoms with Crippen molar-refractivity contribution in [1.82, 2.24) is 14.7 Å². The number of rotatable bonds is 14. The number of aromatic nitrogens is 2. The average molecular weight is 478 g/mol. The van der Waals surface area contributed by atoms with Gasteiger partial charge in [-0.25, -0.2) is 4.68 Å². The van der Waals surface area contributed by atoms with Gasteiger partial charge in [-0.15, -0.1) is 0 Å². The molecule has 0 saturated heterocycles. The Morgan fingerprint density at radius 2 is 1.91 bits per heavy atom. The zero-order chi connectivity index (χ0) is 24.6. The van der Waals surface area contributed by atoms with E-state index in [0.717, 1.165) is 53.5 Å². The maximum Gasteiger partial charge on any atom is 0.227 e. The second-order valence-corrected chi connectivity index (χ2v) is 9.75. The summed E-state index contributed by atoms with van der Waals surface area (Å²) in [6, 6.07) is 18.2. The zero-order valence-electron chi connectivity index (χ0n) is 21.3. The third-order valence-corrected chi connectivity index (χ3v) is 6.36. The standard InChI is InChI=1S/C29H39N3O3/c1-4-5-16-34-21-26(33)19-31(18-24-14-15-24)20-28-23(3)30-32(25-11-7-6-8-12-25)29(28)35-27-13-9-10-22(2)17-27/h6-13,17,24,26,33H,4-5,14-16,18-21H2,1-3H3/t26-/m0/s1. The fraction of sp³-hybridized carbons (Fsp3) is 0.483. The number of hydrogen-bond donors (Lipinski definition) is 1. The summed E-state index contributed by atoms with van der Waals surface area (Å²) in [5.74, 6) is 2.23. The Balaban J connectivity index is 1.59. The number of aryl methyl sites for hydroxylation is 2. The van der Waals surface area contributed by atoms with Crippen LogP contribution in [0.3, 0.4) is 0 Å². The van der Waals surface area contributed by atoms with Crippen molar-refractivity contribution in [2.75, 3.05) is 26.3 Å². The van der Waals surface area contributed by atoms with Crippen LogP contribution in [0.15, 0.2) is 54.6 Å². The highest BCUT2D eigenvalue weighted by atomic mass is 16.5. The molecule has 1 N–H and O–H groups in total. The van der Waals surface area contributed by atoms with Crippen molar-refractivity contribution in [1.29, 1.82) is 0 Å². The largest absolute Gasteiger partial charge is 0.439 e. The smallest absolute Gasteiger partial charge is 0.227 e. The SMILES string of the molecule is CCCCOC[C@@H](O)CN(Cc1c(C)nn(-c2ccccc2)c1Oc1cccc(C)c1)CC1CC1. The minimum atomic E-state index is -0.517. The van der Waals surface area contributed by atoms with Gasteiger partial charge in [-0.3, -0.25) is 4.90 Å². The van der Waals surface area contributed by atoms with Gasteiger partial charge in [0.15, 0.2) is 0 Å². The van der Waals surface area contributed by atoms with E-state index in [1.165, 1.54) is 12.8 Å². The molecule has 1 fully saturated rings. The van der Waals surface area contributed by atoms with Crippen molar-refractivity contribution >= 4 is 0 Å². The van der Waals surface area contributed by atoms with E-state index >= 15 is 0 Å². The van der Waals surface area contributed by atoms with E-state index in [0.29, 0.717) is 32.2 Å². The second kappa shape index (κ2) is 12.3. The van der Waals surface area contributed by atoms with E-state index in [4.69, 9.17) is 14.6 Å².